The van der Waals surface area contributed by atoms with Crippen LogP contribution in [-0.4, -0.2) is 10.5 Å². The number of aryl methyl sites for hydroxylation is 1. The number of benzene rings is 2. The summed E-state index contributed by atoms with van der Waals surface area (Å²) in [6.07, 6.45) is 1.89. The second kappa shape index (κ2) is 9.46. The molecule has 1 aromatic heterocycles. The third-order valence-corrected chi connectivity index (χ3v) is 6.64. The lowest BCUT2D eigenvalue weighted by atomic mass is 9.84. The van der Waals surface area contributed by atoms with E-state index in [1.807, 2.05) is 12.1 Å². The van der Waals surface area contributed by atoms with Crippen LogP contribution in [0.1, 0.15) is 76.5 Å². The predicted molar refractivity (Wildman–Crippen MR) is 124 cm³/mol. The number of rotatable bonds is 5. The van der Waals surface area contributed by atoms with Crippen molar-refractivity contribution in [3.05, 3.63) is 88.2 Å². The lowest BCUT2D eigenvalue weighted by Gasteiger charge is -2.22. The van der Waals surface area contributed by atoms with Gasteiger partial charge in [0.05, 0.1) is 16.8 Å². The molecular formula is C27H29F3N2O. The van der Waals surface area contributed by atoms with Gasteiger partial charge >= 0.3 is 6.18 Å². The number of amides is 1. The molecule has 6 heteroatoms. The van der Waals surface area contributed by atoms with Crippen molar-refractivity contribution in [2.45, 2.75) is 64.6 Å². The number of hydrogen-bond donors (Lipinski definition) is 1. The molecule has 1 heterocycles. The Kier molecular flexibility index (Phi) is 6.63. The molecule has 1 amide bonds. The predicted octanol–water partition coefficient (Wildman–Crippen LogP) is 7.09. The Labute approximate surface area is 192 Å². The van der Waals surface area contributed by atoms with Crippen LogP contribution >= 0.6 is 0 Å². The first-order valence-corrected chi connectivity index (χ1v) is 11.5. The highest BCUT2D eigenvalue weighted by Crippen LogP contribution is 2.35. The molecule has 0 bridgehead atoms. The minimum atomic E-state index is -4.48. The molecular weight excluding hydrogens is 425 g/mol. The van der Waals surface area contributed by atoms with Crippen molar-refractivity contribution in [3.8, 4) is 5.69 Å². The number of alkyl halides is 3. The summed E-state index contributed by atoms with van der Waals surface area (Å²) in [7, 11) is 0. The van der Waals surface area contributed by atoms with E-state index in [2.05, 4.69) is 17.4 Å². The lowest BCUT2D eigenvalue weighted by Crippen LogP contribution is -2.23. The molecule has 4 rings (SSSR count). The molecule has 1 aliphatic carbocycles. The molecule has 1 fully saturated rings. The van der Waals surface area contributed by atoms with E-state index in [9.17, 15) is 18.0 Å². The summed E-state index contributed by atoms with van der Waals surface area (Å²) < 4.78 is 42.1. The first-order chi connectivity index (χ1) is 15.8. The maximum atomic E-state index is 13.5. The number of aromatic nitrogens is 1. The smallest absolute Gasteiger partial charge is 0.348 e. The van der Waals surface area contributed by atoms with Gasteiger partial charge in [-0.25, -0.2) is 0 Å². The zero-order valence-electron chi connectivity index (χ0n) is 19.0. The van der Waals surface area contributed by atoms with Gasteiger partial charge in [-0.1, -0.05) is 55.7 Å². The Morgan fingerprint density at radius 1 is 1.00 bits per heavy atom. The van der Waals surface area contributed by atoms with Gasteiger partial charge < -0.3 is 9.88 Å². The Morgan fingerprint density at radius 3 is 2.33 bits per heavy atom. The fourth-order valence-electron chi connectivity index (χ4n) is 4.89. The van der Waals surface area contributed by atoms with Crippen LogP contribution in [0.3, 0.4) is 0 Å². The van der Waals surface area contributed by atoms with Crippen LogP contribution in [0.25, 0.3) is 5.69 Å². The third-order valence-electron chi connectivity index (χ3n) is 6.64. The van der Waals surface area contributed by atoms with E-state index in [1.165, 1.54) is 54.4 Å². The summed E-state index contributed by atoms with van der Waals surface area (Å²) in [6.45, 7) is 3.75. The topological polar surface area (TPSA) is 34.0 Å². The zero-order chi connectivity index (χ0) is 23.6. The molecule has 0 spiro atoms. The molecule has 3 aromatic rings. The van der Waals surface area contributed by atoms with E-state index in [1.54, 1.807) is 26.0 Å². The van der Waals surface area contributed by atoms with Gasteiger partial charge in [-0.15, -0.1) is 0 Å². The van der Waals surface area contributed by atoms with Crippen molar-refractivity contribution in [2.24, 2.45) is 0 Å². The Morgan fingerprint density at radius 2 is 1.67 bits per heavy atom. The van der Waals surface area contributed by atoms with Gasteiger partial charge in [-0.3, -0.25) is 4.79 Å². The summed E-state index contributed by atoms with van der Waals surface area (Å²) in [5.74, 6) is 0.336. The minimum absolute atomic E-state index is 0.0253. The van der Waals surface area contributed by atoms with Crippen molar-refractivity contribution in [1.82, 2.24) is 9.88 Å². The maximum absolute atomic E-state index is 13.5. The highest BCUT2D eigenvalue weighted by Gasteiger charge is 2.34. The Bertz CT molecular complexity index is 1120. The quantitative estimate of drug-likeness (QED) is 0.439. The molecule has 2 aromatic carbocycles. The van der Waals surface area contributed by atoms with Gasteiger partial charge in [-0.2, -0.15) is 13.2 Å². The second-order valence-corrected chi connectivity index (χ2v) is 8.89. The number of para-hydroxylation sites is 1. The zero-order valence-corrected chi connectivity index (χ0v) is 19.0. The van der Waals surface area contributed by atoms with Gasteiger partial charge in [0.25, 0.3) is 5.91 Å². The summed E-state index contributed by atoms with van der Waals surface area (Å²) in [4.78, 5) is 12.9. The number of nitrogens with zero attached hydrogens (tertiary/aromatic N) is 1. The van der Waals surface area contributed by atoms with Crippen LogP contribution in [0.2, 0.25) is 0 Å². The molecule has 0 atom stereocenters. The van der Waals surface area contributed by atoms with E-state index >= 15 is 0 Å². The van der Waals surface area contributed by atoms with Crippen molar-refractivity contribution in [1.29, 1.82) is 0 Å². The normalized spacial score (nSPS) is 14.9. The highest BCUT2D eigenvalue weighted by atomic mass is 19.4. The summed E-state index contributed by atoms with van der Waals surface area (Å²) >= 11 is 0. The molecule has 33 heavy (non-hydrogen) atoms. The first kappa shape index (κ1) is 23.1. The lowest BCUT2D eigenvalue weighted by molar-refractivity contribution is -0.137. The van der Waals surface area contributed by atoms with Crippen LogP contribution in [0.15, 0.2) is 54.6 Å². The van der Waals surface area contributed by atoms with E-state index in [4.69, 9.17) is 0 Å². The molecule has 174 valence electrons. The van der Waals surface area contributed by atoms with Crippen LogP contribution in [0, 0.1) is 13.8 Å². The molecule has 1 saturated carbocycles. The summed E-state index contributed by atoms with van der Waals surface area (Å²) in [5, 5.41) is 2.92. The molecule has 0 saturated heterocycles. The SMILES string of the molecule is Cc1cc(C(=O)NCc2ccc(C3CCCCC3)cc2)c(C)n1-c1ccccc1C(F)(F)F. The Hall–Kier alpha value is -3.02. The van der Waals surface area contributed by atoms with Crippen molar-refractivity contribution >= 4 is 5.91 Å². The van der Waals surface area contributed by atoms with Gasteiger partial charge in [0.2, 0.25) is 0 Å². The second-order valence-electron chi connectivity index (χ2n) is 8.89. The fraction of sp³-hybridized carbons (Fsp3) is 0.370. The van der Waals surface area contributed by atoms with E-state index < -0.39 is 11.7 Å². The van der Waals surface area contributed by atoms with E-state index in [0.29, 0.717) is 29.4 Å². The van der Waals surface area contributed by atoms with Crippen LogP contribution < -0.4 is 5.32 Å². The molecule has 1 aliphatic rings. The van der Waals surface area contributed by atoms with Gasteiger partial charge in [0, 0.05) is 17.9 Å². The summed E-state index contributed by atoms with van der Waals surface area (Å²) in [5.41, 5.74) is 3.09. The van der Waals surface area contributed by atoms with Gasteiger partial charge in [-0.05, 0) is 61.9 Å². The number of carbonyl (C=O) groups excluding carboxylic acids is 1. The van der Waals surface area contributed by atoms with Crippen LogP contribution in [0.4, 0.5) is 13.2 Å². The number of carbonyl (C=O) groups is 1. The van der Waals surface area contributed by atoms with Crippen LogP contribution in [0.5, 0.6) is 0 Å². The Balaban J connectivity index is 1.49. The molecule has 0 radical (unpaired) electrons. The first-order valence-electron chi connectivity index (χ1n) is 11.5. The minimum Gasteiger partial charge on any atom is -0.348 e. The highest BCUT2D eigenvalue weighted by molar-refractivity contribution is 5.95. The molecule has 1 N–H and O–H groups in total. The average Bonchev–Trinajstić information content (AvgIpc) is 3.11. The van der Waals surface area contributed by atoms with E-state index in [0.717, 1.165) is 11.6 Å². The number of halogens is 3. The van der Waals surface area contributed by atoms with Gasteiger partial charge in [0.1, 0.15) is 0 Å². The molecule has 0 aliphatic heterocycles. The molecule has 0 unspecified atom stereocenters. The van der Waals surface area contributed by atoms with Crippen molar-refractivity contribution in [3.63, 3.8) is 0 Å². The standard InChI is InChI=1S/C27H29F3N2O/c1-18-16-23(19(2)32(18)25-11-7-6-10-24(25)27(28,29)30)26(33)31-17-20-12-14-22(15-13-20)21-8-4-3-5-9-21/h6-7,10-16,21H,3-5,8-9,17H2,1-2H3,(H,31,33). The largest absolute Gasteiger partial charge is 0.418 e. The van der Waals surface area contributed by atoms with Crippen molar-refractivity contribution in [2.75, 3.05) is 0 Å². The average molecular weight is 455 g/mol. The third kappa shape index (κ3) is 5.00. The maximum Gasteiger partial charge on any atom is 0.418 e. The van der Waals surface area contributed by atoms with Crippen LogP contribution in [-0.2, 0) is 12.7 Å². The fourth-order valence-corrected chi connectivity index (χ4v) is 4.89. The number of nitrogens with one attached hydrogen (secondary N) is 1. The monoisotopic (exact) mass is 454 g/mol. The van der Waals surface area contributed by atoms with Crippen molar-refractivity contribution < 1.29 is 18.0 Å². The van der Waals surface area contributed by atoms with Gasteiger partial charge in [0.15, 0.2) is 0 Å². The number of hydrogen-bond acceptors (Lipinski definition) is 1. The van der Waals surface area contributed by atoms with E-state index in [-0.39, 0.29) is 11.6 Å². The summed E-state index contributed by atoms with van der Waals surface area (Å²) in [6, 6.07) is 15.5. The molecule has 3 nitrogen and oxygen atoms in total.